The van der Waals surface area contributed by atoms with Gasteiger partial charge in [-0.1, -0.05) is 13.0 Å². The Morgan fingerprint density at radius 3 is 2.58 bits per heavy atom. The van der Waals surface area contributed by atoms with E-state index in [1.54, 1.807) is 0 Å². The van der Waals surface area contributed by atoms with Crippen molar-refractivity contribution in [1.82, 2.24) is 20.5 Å². The molecule has 0 spiro atoms. The van der Waals surface area contributed by atoms with Gasteiger partial charge in [-0.3, -0.25) is 4.98 Å². The predicted molar refractivity (Wildman–Crippen MR) is 76.0 cm³/mol. The van der Waals surface area contributed by atoms with Crippen molar-refractivity contribution < 1.29 is 0 Å². The van der Waals surface area contributed by atoms with E-state index in [0.717, 1.165) is 29.1 Å². The Kier molecular flexibility index (Phi) is 4.22. The van der Waals surface area contributed by atoms with Crippen LogP contribution in [0, 0.1) is 20.8 Å². The second-order valence-corrected chi connectivity index (χ2v) is 4.81. The first-order valence-corrected chi connectivity index (χ1v) is 6.57. The summed E-state index contributed by atoms with van der Waals surface area (Å²) in [7, 11) is 0. The SMILES string of the molecule is CCNC(c1cncc(C)c1)c1cc(C)nnc1C. The number of pyridine rings is 1. The molecule has 2 heterocycles. The fourth-order valence-electron chi connectivity index (χ4n) is 2.21. The highest BCUT2D eigenvalue weighted by Crippen LogP contribution is 2.24. The van der Waals surface area contributed by atoms with E-state index in [4.69, 9.17) is 0 Å². The second-order valence-electron chi connectivity index (χ2n) is 4.81. The summed E-state index contributed by atoms with van der Waals surface area (Å²) < 4.78 is 0. The van der Waals surface area contributed by atoms with Crippen LogP contribution in [0.25, 0.3) is 0 Å². The van der Waals surface area contributed by atoms with Crippen LogP contribution in [0.2, 0.25) is 0 Å². The zero-order chi connectivity index (χ0) is 13.8. The monoisotopic (exact) mass is 256 g/mol. The lowest BCUT2D eigenvalue weighted by Gasteiger charge is -2.20. The van der Waals surface area contributed by atoms with Crippen molar-refractivity contribution >= 4 is 0 Å². The quantitative estimate of drug-likeness (QED) is 0.913. The number of nitrogens with one attached hydrogen (secondary N) is 1. The summed E-state index contributed by atoms with van der Waals surface area (Å²) in [6, 6.07) is 4.37. The normalized spacial score (nSPS) is 12.4. The third-order valence-electron chi connectivity index (χ3n) is 3.09. The predicted octanol–water partition coefficient (Wildman–Crippen LogP) is 2.50. The fourth-order valence-corrected chi connectivity index (χ4v) is 2.21. The molecule has 0 bridgehead atoms. The van der Waals surface area contributed by atoms with Gasteiger partial charge in [0.15, 0.2) is 0 Å². The first-order chi connectivity index (χ1) is 9.11. The van der Waals surface area contributed by atoms with Gasteiger partial charge in [-0.15, -0.1) is 0 Å². The average molecular weight is 256 g/mol. The third kappa shape index (κ3) is 3.15. The fraction of sp³-hybridized carbons (Fsp3) is 0.400. The molecule has 0 aliphatic heterocycles. The molecule has 0 saturated carbocycles. The van der Waals surface area contributed by atoms with E-state index in [2.05, 4.69) is 46.5 Å². The second kappa shape index (κ2) is 5.89. The Morgan fingerprint density at radius 2 is 1.89 bits per heavy atom. The standard InChI is InChI=1S/C15H20N4/c1-5-17-15(13-6-10(2)8-16-9-13)14-7-11(3)18-19-12(14)4/h6-9,15,17H,5H2,1-4H3. The molecule has 1 N–H and O–H groups in total. The van der Waals surface area contributed by atoms with Crippen molar-refractivity contribution in [2.45, 2.75) is 33.7 Å². The van der Waals surface area contributed by atoms with E-state index in [1.165, 1.54) is 5.56 Å². The lowest BCUT2D eigenvalue weighted by atomic mass is 9.98. The summed E-state index contributed by atoms with van der Waals surface area (Å²) in [5, 5.41) is 11.8. The molecule has 2 aromatic heterocycles. The Labute approximate surface area is 114 Å². The van der Waals surface area contributed by atoms with E-state index in [0.29, 0.717) is 0 Å². The maximum atomic E-state index is 4.29. The molecule has 19 heavy (non-hydrogen) atoms. The van der Waals surface area contributed by atoms with E-state index >= 15 is 0 Å². The van der Waals surface area contributed by atoms with Crippen LogP contribution in [0.3, 0.4) is 0 Å². The maximum Gasteiger partial charge on any atom is 0.0651 e. The van der Waals surface area contributed by atoms with E-state index in [9.17, 15) is 0 Å². The number of aromatic nitrogens is 3. The first-order valence-electron chi connectivity index (χ1n) is 6.57. The molecule has 1 atom stereocenters. The molecule has 1 unspecified atom stereocenters. The van der Waals surface area contributed by atoms with E-state index in [1.807, 2.05) is 26.2 Å². The lowest BCUT2D eigenvalue weighted by Crippen LogP contribution is -2.23. The molecular weight excluding hydrogens is 236 g/mol. The van der Waals surface area contributed by atoms with E-state index in [-0.39, 0.29) is 6.04 Å². The summed E-state index contributed by atoms with van der Waals surface area (Å²) in [6.07, 6.45) is 3.78. The summed E-state index contributed by atoms with van der Waals surface area (Å²) in [5.41, 5.74) is 5.39. The Balaban J connectivity index is 2.48. The largest absolute Gasteiger partial charge is 0.306 e. The molecule has 0 aromatic carbocycles. The van der Waals surface area contributed by atoms with Crippen LogP contribution < -0.4 is 5.32 Å². The zero-order valence-corrected chi connectivity index (χ0v) is 11.9. The molecule has 0 aliphatic rings. The van der Waals surface area contributed by atoms with Gasteiger partial charge in [-0.25, -0.2) is 0 Å². The Hall–Kier alpha value is -1.81. The minimum absolute atomic E-state index is 0.117. The van der Waals surface area contributed by atoms with Gasteiger partial charge in [0, 0.05) is 12.4 Å². The molecule has 0 aliphatic carbocycles. The zero-order valence-electron chi connectivity index (χ0n) is 11.9. The Bertz CT molecular complexity index is 566. The van der Waals surface area contributed by atoms with Gasteiger partial charge >= 0.3 is 0 Å². The molecule has 4 heteroatoms. The minimum atomic E-state index is 0.117. The van der Waals surface area contributed by atoms with Gasteiger partial charge < -0.3 is 5.32 Å². The number of aryl methyl sites for hydroxylation is 3. The van der Waals surface area contributed by atoms with Gasteiger partial charge in [-0.2, -0.15) is 10.2 Å². The van der Waals surface area contributed by atoms with E-state index < -0.39 is 0 Å². The lowest BCUT2D eigenvalue weighted by molar-refractivity contribution is 0.618. The van der Waals surface area contributed by atoms with Crippen LogP contribution in [0.1, 0.15) is 41.0 Å². The van der Waals surface area contributed by atoms with Gasteiger partial charge in [0.25, 0.3) is 0 Å². The minimum Gasteiger partial charge on any atom is -0.306 e. The number of rotatable bonds is 4. The van der Waals surface area contributed by atoms with Crippen molar-refractivity contribution in [3.05, 3.63) is 52.6 Å². The molecule has 100 valence electrons. The highest BCUT2D eigenvalue weighted by Gasteiger charge is 2.17. The van der Waals surface area contributed by atoms with Gasteiger partial charge in [0.05, 0.1) is 17.4 Å². The van der Waals surface area contributed by atoms with Crippen LogP contribution in [-0.4, -0.2) is 21.7 Å². The van der Waals surface area contributed by atoms with Crippen molar-refractivity contribution in [1.29, 1.82) is 0 Å². The van der Waals surface area contributed by atoms with Crippen molar-refractivity contribution in [3.63, 3.8) is 0 Å². The number of nitrogens with zero attached hydrogens (tertiary/aromatic N) is 3. The molecule has 4 nitrogen and oxygen atoms in total. The molecule has 0 radical (unpaired) electrons. The third-order valence-corrected chi connectivity index (χ3v) is 3.09. The van der Waals surface area contributed by atoms with Crippen LogP contribution >= 0.6 is 0 Å². The van der Waals surface area contributed by atoms with Crippen LogP contribution in [0.15, 0.2) is 24.5 Å². The highest BCUT2D eigenvalue weighted by molar-refractivity contribution is 5.34. The molecule has 0 fully saturated rings. The summed E-state index contributed by atoms with van der Waals surface area (Å²) in [4.78, 5) is 4.29. The summed E-state index contributed by atoms with van der Waals surface area (Å²) in [6.45, 7) is 9.01. The van der Waals surface area contributed by atoms with Gasteiger partial charge in [0.1, 0.15) is 0 Å². The smallest absolute Gasteiger partial charge is 0.0651 e. The van der Waals surface area contributed by atoms with Crippen molar-refractivity contribution in [3.8, 4) is 0 Å². The van der Waals surface area contributed by atoms with Gasteiger partial charge in [0.2, 0.25) is 0 Å². The Morgan fingerprint density at radius 1 is 1.11 bits per heavy atom. The van der Waals surface area contributed by atoms with Crippen molar-refractivity contribution in [2.75, 3.05) is 6.54 Å². The maximum absolute atomic E-state index is 4.29. The molecule has 0 saturated heterocycles. The highest BCUT2D eigenvalue weighted by atomic mass is 15.1. The first kappa shape index (κ1) is 13.6. The number of hydrogen-bond acceptors (Lipinski definition) is 4. The molecule has 2 aromatic rings. The topological polar surface area (TPSA) is 50.7 Å². The molecule has 2 rings (SSSR count). The van der Waals surface area contributed by atoms with Crippen LogP contribution in [0.5, 0.6) is 0 Å². The van der Waals surface area contributed by atoms with Gasteiger partial charge in [-0.05, 0) is 50.1 Å². The molecule has 0 amide bonds. The average Bonchev–Trinajstić information content (AvgIpc) is 2.39. The van der Waals surface area contributed by atoms with Crippen LogP contribution in [0.4, 0.5) is 0 Å². The summed E-state index contributed by atoms with van der Waals surface area (Å²) in [5.74, 6) is 0. The van der Waals surface area contributed by atoms with Crippen molar-refractivity contribution in [2.24, 2.45) is 0 Å². The van der Waals surface area contributed by atoms with Crippen LogP contribution in [-0.2, 0) is 0 Å². The molecular formula is C15H20N4. The summed E-state index contributed by atoms with van der Waals surface area (Å²) >= 11 is 0. The number of hydrogen-bond donors (Lipinski definition) is 1.